The Morgan fingerprint density at radius 3 is 2.54 bits per heavy atom. The largest absolute Gasteiger partial charge is 0.324 e. The monoisotopic (exact) mass is 207 g/mol. The third-order valence-electron chi connectivity index (χ3n) is 1.80. The fraction of sp³-hybridized carbons (Fsp3) is 0.333. The van der Waals surface area contributed by atoms with Crippen molar-refractivity contribution in [1.82, 2.24) is 0 Å². The van der Waals surface area contributed by atoms with E-state index < -0.39 is 17.7 Å². The molecule has 0 aliphatic heterocycles. The SMILES string of the molecule is CCC(N)c1cc(F)ccc1F.Cl. The average Bonchev–Trinajstić information content (AvgIpc) is 2.08. The Balaban J connectivity index is 0.00000144. The van der Waals surface area contributed by atoms with E-state index >= 15 is 0 Å². The summed E-state index contributed by atoms with van der Waals surface area (Å²) in [6, 6.07) is 2.91. The van der Waals surface area contributed by atoms with Gasteiger partial charge in [0.1, 0.15) is 11.6 Å². The van der Waals surface area contributed by atoms with Crippen molar-refractivity contribution in [3.63, 3.8) is 0 Å². The highest BCUT2D eigenvalue weighted by Gasteiger charge is 2.09. The molecule has 0 saturated carbocycles. The molecule has 13 heavy (non-hydrogen) atoms. The van der Waals surface area contributed by atoms with Gasteiger partial charge in [-0.2, -0.15) is 0 Å². The molecular weight excluding hydrogens is 196 g/mol. The van der Waals surface area contributed by atoms with Gasteiger partial charge >= 0.3 is 0 Å². The van der Waals surface area contributed by atoms with Crippen LogP contribution < -0.4 is 5.73 Å². The Morgan fingerprint density at radius 1 is 1.38 bits per heavy atom. The minimum atomic E-state index is -0.449. The Bertz CT molecular complexity index is 278. The fourth-order valence-corrected chi connectivity index (χ4v) is 1.02. The first kappa shape index (κ1) is 12.3. The number of halogens is 3. The van der Waals surface area contributed by atoms with Crippen LogP contribution in [0, 0.1) is 11.6 Å². The molecule has 0 spiro atoms. The Kier molecular flexibility index (Phi) is 4.88. The molecule has 2 N–H and O–H groups in total. The summed E-state index contributed by atoms with van der Waals surface area (Å²) in [7, 11) is 0. The molecule has 0 heterocycles. The maximum atomic E-state index is 13.0. The smallest absolute Gasteiger partial charge is 0.128 e. The molecule has 0 aliphatic carbocycles. The van der Waals surface area contributed by atoms with Crippen molar-refractivity contribution in [3.8, 4) is 0 Å². The van der Waals surface area contributed by atoms with Gasteiger partial charge < -0.3 is 5.73 Å². The zero-order valence-electron chi connectivity index (χ0n) is 7.26. The van der Waals surface area contributed by atoms with Crippen LogP contribution in [0.15, 0.2) is 18.2 Å². The van der Waals surface area contributed by atoms with Crippen molar-refractivity contribution in [2.45, 2.75) is 19.4 Å². The van der Waals surface area contributed by atoms with E-state index in [9.17, 15) is 8.78 Å². The van der Waals surface area contributed by atoms with Gasteiger partial charge in [-0.1, -0.05) is 6.92 Å². The van der Waals surface area contributed by atoms with Crippen LogP contribution in [0.3, 0.4) is 0 Å². The lowest BCUT2D eigenvalue weighted by molar-refractivity contribution is 0.557. The lowest BCUT2D eigenvalue weighted by Crippen LogP contribution is -2.10. The van der Waals surface area contributed by atoms with Crippen molar-refractivity contribution in [1.29, 1.82) is 0 Å². The van der Waals surface area contributed by atoms with Crippen LogP contribution in [0.4, 0.5) is 8.78 Å². The van der Waals surface area contributed by atoms with Gasteiger partial charge in [0.2, 0.25) is 0 Å². The van der Waals surface area contributed by atoms with Gasteiger partial charge in [-0.15, -0.1) is 12.4 Å². The number of nitrogens with two attached hydrogens (primary N) is 1. The first-order chi connectivity index (χ1) is 5.65. The zero-order valence-corrected chi connectivity index (χ0v) is 8.07. The van der Waals surface area contributed by atoms with E-state index in [-0.39, 0.29) is 18.0 Å². The molecule has 1 unspecified atom stereocenters. The zero-order chi connectivity index (χ0) is 9.14. The van der Waals surface area contributed by atoms with Crippen molar-refractivity contribution in [2.24, 2.45) is 5.73 Å². The molecule has 0 amide bonds. The highest BCUT2D eigenvalue weighted by Crippen LogP contribution is 2.18. The standard InChI is InChI=1S/C9H11F2N.ClH/c1-2-9(12)7-5-6(10)3-4-8(7)11;/h3-5,9H,2,12H2,1H3;1H. The highest BCUT2D eigenvalue weighted by atomic mass is 35.5. The lowest BCUT2D eigenvalue weighted by Gasteiger charge is -2.09. The number of benzene rings is 1. The lowest BCUT2D eigenvalue weighted by atomic mass is 10.1. The summed E-state index contributed by atoms with van der Waals surface area (Å²) in [5.41, 5.74) is 5.80. The predicted molar refractivity (Wildman–Crippen MR) is 50.8 cm³/mol. The van der Waals surface area contributed by atoms with Gasteiger partial charge in [0.25, 0.3) is 0 Å². The van der Waals surface area contributed by atoms with E-state index in [0.29, 0.717) is 6.42 Å². The number of hydrogen-bond donors (Lipinski definition) is 1. The summed E-state index contributed by atoms with van der Waals surface area (Å²) >= 11 is 0. The summed E-state index contributed by atoms with van der Waals surface area (Å²) in [4.78, 5) is 0. The molecule has 1 nitrogen and oxygen atoms in total. The van der Waals surface area contributed by atoms with Gasteiger partial charge in [0.05, 0.1) is 0 Å². The summed E-state index contributed by atoms with van der Waals surface area (Å²) in [6.45, 7) is 1.83. The van der Waals surface area contributed by atoms with Gasteiger partial charge in [-0.05, 0) is 24.6 Å². The topological polar surface area (TPSA) is 26.0 Å². The Labute approximate surface area is 82.4 Å². The van der Waals surface area contributed by atoms with E-state index in [4.69, 9.17) is 5.73 Å². The summed E-state index contributed by atoms with van der Waals surface area (Å²) in [5, 5.41) is 0. The normalized spacial score (nSPS) is 12.0. The number of hydrogen-bond acceptors (Lipinski definition) is 1. The molecule has 1 aromatic rings. The second kappa shape index (κ2) is 5.14. The summed E-state index contributed by atoms with van der Waals surface area (Å²) in [6.07, 6.45) is 0.598. The Morgan fingerprint density at radius 2 is 2.00 bits per heavy atom. The van der Waals surface area contributed by atoms with E-state index in [1.807, 2.05) is 6.92 Å². The Hall–Kier alpha value is -0.670. The second-order valence-electron chi connectivity index (χ2n) is 2.68. The first-order valence-electron chi connectivity index (χ1n) is 3.85. The van der Waals surface area contributed by atoms with Crippen LogP contribution in [0.25, 0.3) is 0 Å². The molecule has 74 valence electrons. The van der Waals surface area contributed by atoms with Crippen molar-refractivity contribution < 1.29 is 8.78 Å². The molecule has 1 rings (SSSR count). The molecular formula is C9H12ClF2N. The predicted octanol–water partition coefficient (Wildman–Crippen LogP) is 2.80. The molecule has 0 saturated heterocycles. The molecule has 1 atom stereocenters. The molecule has 4 heteroatoms. The summed E-state index contributed by atoms with van der Waals surface area (Å²) < 4.78 is 25.6. The van der Waals surface area contributed by atoms with Crippen LogP contribution in [0.2, 0.25) is 0 Å². The van der Waals surface area contributed by atoms with E-state index in [0.717, 1.165) is 18.2 Å². The summed E-state index contributed by atoms with van der Waals surface area (Å²) in [5.74, 6) is -0.888. The molecule has 0 bridgehead atoms. The quantitative estimate of drug-likeness (QED) is 0.793. The minimum absolute atomic E-state index is 0. The number of rotatable bonds is 2. The maximum absolute atomic E-state index is 13.0. The van der Waals surface area contributed by atoms with E-state index in [2.05, 4.69) is 0 Å². The van der Waals surface area contributed by atoms with Crippen molar-refractivity contribution >= 4 is 12.4 Å². The fourth-order valence-electron chi connectivity index (χ4n) is 1.02. The van der Waals surface area contributed by atoms with Gasteiger partial charge in [-0.3, -0.25) is 0 Å². The van der Waals surface area contributed by atoms with Crippen molar-refractivity contribution in [3.05, 3.63) is 35.4 Å². The van der Waals surface area contributed by atoms with Gasteiger partial charge in [-0.25, -0.2) is 8.78 Å². The molecule has 1 aromatic carbocycles. The molecule has 0 aliphatic rings. The second-order valence-corrected chi connectivity index (χ2v) is 2.68. The minimum Gasteiger partial charge on any atom is -0.324 e. The van der Waals surface area contributed by atoms with Gasteiger partial charge in [0, 0.05) is 11.6 Å². The average molecular weight is 208 g/mol. The van der Waals surface area contributed by atoms with Crippen LogP contribution in [-0.4, -0.2) is 0 Å². The molecule has 0 radical (unpaired) electrons. The van der Waals surface area contributed by atoms with Gasteiger partial charge in [0.15, 0.2) is 0 Å². The van der Waals surface area contributed by atoms with Crippen LogP contribution in [-0.2, 0) is 0 Å². The van der Waals surface area contributed by atoms with E-state index in [1.165, 1.54) is 0 Å². The maximum Gasteiger partial charge on any atom is 0.128 e. The van der Waals surface area contributed by atoms with E-state index in [1.54, 1.807) is 0 Å². The highest BCUT2D eigenvalue weighted by molar-refractivity contribution is 5.85. The first-order valence-corrected chi connectivity index (χ1v) is 3.85. The van der Waals surface area contributed by atoms with Crippen LogP contribution in [0.1, 0.15) is 24.9 Å². The van der Waals surface area contributed by atoms with Crippen LogP contribution >= 0.6 is 12.4 Å². The molecule has 0 aromatic heterocycles. The third-order valence-corrected chi connectivity index (χ3v) is 1.80. The third kappa shape index (κ3) is 2.94. The molecule has 0 fully saturated rings. The van der Waals surface area contributed by atoms with Crippen molar-refractivity contribution in [2.75, 3.05) is 0 Å². The van der Waals surface area contributed by atoms with Crippen LogP contribution in [0.5, 0.6) is 0 Å².